The lowest BCUT2D eigenvalue weighted by molar-refractivity contribution is -0.123. The van der Waals surface area contributed by atoms with E-state index in [0.717, 1.165) is 5.56 Å². The molecule has 1 aliphatic heterocycles. The Balaban J connectivity index is 2.44. The molecule has 0 aromatic heterocycles. The number of β-lactam (4-membered cyclic amide) rings is 1. The van der Waals surface area contributed by atoms with Crippen LogP contribution in [0.15, 0.2) is 12.1 Å². The zero-order valence-electron chi connectivity index (χ0n) is 8.13. The first-order valence-corrected chi connectivity index (χ1v) is 5.29. The molecule has 15 heavy (non-hydrogen) atoms. The predicted octanol–water partition coefficient (Wildman–Crippen LogP) is 1.98. The Morgan fingerprint density at radius 1 is 1.47 bits per heavy atom. The molecule has 1 fully saturated rings. The van der Waals surface area contributed by atoms with E-state index in [4.69, 9.17) is 28.9 Å². The number of nitrogens with two attached hydrogens (primary N) is 1. The zero-order chi connectivity index (χ0) is 11.2. The van der Waals surface area contributed by atoms with Gasteiger partial charge in [-0.25, -0.2) is 0 Å². The lowest BCUT2D eigenvalue weighted by Gasteiger charge is -2.37. The van der Waals surface area contributed by atoms with Crippen molar-refractivity contribution < 1.29 is 4.79 Å². The van der Waals surface area contributed by atoms with Crippen molar-refractivity contribution in [2.45, 2.75) is 13.0 Å². The Hall–Kier alpha value is -0.770. The monoisotopic (exact) mass is 244 g/mol. The van der Waals surface area contributed by atoms with Gasteiger partial charge in [-0.1, -0.05) is 29.3 Å². The number of benzene rings is 1. The van der Waals surface area contributed by atoms with Crippen LogP contribution in [-0.4, -0.2) is 18.5 Å². The minimum absolute atomic E-state index is 0.135. The second-order valence-corrected chi connectivity index (χ2v) is 4.37. The minimum atomic E-state index is -0.419. The van der Waals surface area contributed by atoms with Crippen LogP contribution in [0.4, 0.5) is 5.69 Å². The van der Waals surface area contributed by atoms with E-state index in [0.29, 0.717) is 22.3 Å². The Kier molecular flexibility index (Phi) is 2.63. The third kappa shape index (κ3) is 1.61. The molecule has 3 nitrogen and oxygen atoms in total. The number of carbonyl (C=O) groups is 1. The topological polar surface area (TPSA) is 46.3 Å². The maximum atomic E-state index is 11.5. The molecule has 1 atom stereocenters. The van der Waals surface area contributed by atoms with Gasteiger partial charge in [0.1, 0.15) is 6.04 Å². The SMILES string of the molecule is Cc1ccc(Cl)c(N2CC(N)C2=O)c1Cl. The molecule has 0 saturated carbocycles. The largest absolute Gasteiger partial charge is 0.318 e. The Labute approximate surface area is 97.8 Å². The fourth-order valence-corrected chi connectivity index (χ4v) is 2.12. The summed E-state index contributed by atoms with van der Waals surface area (Å²) in [6.07, 6.45) is 0. The highest BCUT2D eigenvalue weighted by Crippen LogP contribution is 2.38. The molecule has 2 rings (SSSR count). The van der Waals surface area contributed by atoms with Crippen molar-refractivity contribution in [2.24, 2.45) is 5.73 Å². The second kappa shape index (κ2) is 3.67. The van der Waals surface area contributed by atoms with E-state index in [1.807, 2.05) is 13.0 Å². The highest BCUT2D eigenvalue weighted by molar-refractivity contribution is 6.40. The number of amides is 1. The molecule has 0 spiro atoms. The summed E-state index contributed by atoms with van der Waals surface area (Å²) < 4.78 is 0. The molecule has 80 valence electrons. The first-order chi connectivity index (χ1) is 7.02. The average molecular weight is 245 g/mol. The number of carbonyl (C=O) groups excluding carboxylic acids is 1. The van der Waals surface area contributed by atoms with Gasteiger partial charge in [-0.05, 0) is 18.6 Å². The summed E-state index contributed by atoms with van der Waals surface area (Å²) in [4.78, 5) is 13.0. The van der Waals surface area contributed by atoms with E-state index < -0.39 is 6.04 Å². The first kappa shape index (κ1) is 10.7. The van der Waals surface area contributed by atoms with Crippen molar-refractivity contribution in [3.63, 3.8) is 0 Å². The van der Waals surface area contributed by atoms with E-state index in [9.17, 15) is 4.79 Å². The number of halogens is 2. The van der Waals surface area contributed by atoms with E-state index >= 15 is 0 Å². The van der Waals surface area contributed by atoms with E-state index in [-0.39, 0.29) is 5.91 Å². The highest BCUT2D eigenvalue weighted by atomic mass is 35.5. The van der Waals surface area contributed by atoms with Crippen molar-refractivity contribution in [2.75, 3.05) is 11.4 Å². The van der Waals surface area contributed by atoms with Crippen LogP contribution in [0.1, 0.15) is 5.56 Å². The fraction of sp³-hybridized carbons (Fsp3) is 0.300. The summed E-state index contributed by atoms with van der Waals surface area (Å²) in [5.41, 5.74) is 6.98. The molecule has 1 aromatic rings. The first-order valence-electron chi connectivity index (χ1n) is 4.54. The van der Waals surface area contributed by atoms with Crippen LogP contribution in [0.2, 0.25) is 10.0 Å². The molecule has 1 amide bonds. The number of nitrogens with zero attached hydrogens (tertiary/aromatic N) is 1. The van der Waals surface area contributed by atoms with Gasteiger partial charge in [-0.15, -0.1) is 0 Å². The van der Waals surface area contributed by atoms with Crippen LogP contribution in [0.25, 0.3) is 0 Å². The van der Waals surface area contributed by atoms with Crippen molar-refractivity contribution in [3.8, 4) is 0 Å². The standard InChI is InChI=1S/C10H10Cl2N2O/c1-5-2-3-6(11)9(8(5)12)14-4-7(13)10(14)15/h2-3,7H,4,13H2,1H3. The quantitative estimate of drug-likeness (QED) is 0.769. The van der Waals surface area contributed by atoms with E-state index in [1.165, 1.54) is 4.90 Å². The third-order valence-electron chi connectivity index (χ3n) is 2.49. The summed E-state index contributed by atoms with van der Waals surface area (Å²) in [6.45, 7) is 2.34. The van der Waals surface area contributed by atoms with Crippen molar-refractivity contribution >= 4 is 34.8 Å². The summed E-state index contributed by atoms with van der Waals surface area (Å²) in [6, 6.07) is 3.13. The smallest absolute Gasteiger partial charge is 0.245 e. The molecule has 1 aromatic carbocycles. The number of anilines is 1. The van der Waals surface area contributed by atoms with Crippen molar-refractivity contribution in [1.82, 2.24) is 0 Å². The zero-order valence-corrected chi connectivity index (χ0v) is 9.64. The molecular weight excluding hydrogens is 235 g/mol. The fourth-order valence-electron chi connectivity index (χ4n) is 1.54. The van der Waals surface area contributed by atoms with Gasteiger partial charge in [-0.2, -0.15) is 0 Å². The van der Waals surface area contributed by atoms with Gasteiger partial charge >= 0.3 is 0 Å². The molecule has 1 heterocycles. The maximum absolute atomic E-state index is 11.5. The van der Waals surface area contributed by atoms with Gasteiger partial charge in [0.25, 0.3) is 0 Å². The van der Waals surface area contributed by atoms with Gasteiger partial charge < -0.3 is 10.6 Å². The molecule has 1 saturated heterocycles. The number of aryl methyl sites for hydroxylation is 1. The highest BCUT2D eigenvalue weighted by Gasteiger charge is 2.36. The molecule has 1 unspecified atom stereocenters. The average Bonchev–Trinajstić information content (AvgIpc) is 2.22. The van der Waals surface area contributed by atoms with Gasteiger partial charge in [0.05, 0.1) is 22.3 Å². The number of rotatable bonds is 1. The Morgan fingerprint density at radius 3 is 2.67 bits per heavy atom. The van der Waals surface area contributed by atoms with Gasteiger partial charge in [-0.3, -0.25) is 4.79 Å². The van der Waals surface area contributed by atoms with Gasteiger partial charge in [0.2, 0.25) is 5.91 Å². The molecular formula is C10H10Cl2N2O. The van der Waals surface area contributed by atoms with Gasteiger partial charge in [0.15, 0.2) is 0 Å². The summed E-state index contributed by atoms with van der Waals surface area (Å²) >= 11 is 12.1. The summed E-state index contributed by atoms with van der Waals surface area (Å²) in [5.74, 6) is -0.135. The molecule has 0 bridgehead atoms. The molecule has 0 radical (unpaired) electrons. The normalized spacial score (nSPS) is 20.4. The second-order valence-electron chi connectivity index (χ2n) is 3.58. The lowest BCUT2D eigenvalue weighted by atomic mass is 10.1. The van der Waals surface area contributed by atoms with E-state index in [1.54, 1.807) is 6.07 Å². The molecule has 0 aliphatic carbocycles. The van der Waals surface area contributed by atoms with Crippen LogP contribution >= 0.6 is 23.2 Å². The van der Waals surface area contributed by atoms with Crippen LogP contribution in [0, 0.1) is 6.92 Å². The molecule has 5 heteroatoms. The molecule has 1 aliphatic rings. The lowest BCUT2D eigenvalue weighted by Crippen LogP contribution is -2.61. The number of hydrogen-bond acceptors (Lipinski definition) is 2. The third-order valence-corrected chi connectivity index (χ3v) is 3.27. The van der Waals surface area contributed by atoms with Gasteiger partial charge in [0, 0.05) is 0 Å². The van der Waals surface area contributed by atoms with Crippen LogP contribution in [-0.2, 0) is 4.79 Å². The maximum Gasteiger partial charge on any atom is 0.245 e. The Bertz CT molecular complexity index is 434. The van der Waals surface area contributed by atoms with Crippen LogP contribution in [0.5, 0.6) is 0 Å². The number of hydrogen-bond donors (Lipinski definition) is 1. The van der Waals surface area contributed by atoms with Crippen LogP contribution in [0.3, 0.4) is 0 Å². The molecule has 2 N–H and O–H groups in total. The van der Waals surface area contributed by atoms with E-state index in [2.05, 4.69) is 0 Å². The van der Waals surface area contributed by atoms with Crippen molar-refractivity contribution in [3.05, 3.63) is 27.7 Å². The Morgan fingerprint density at radius 2 is 2.13 bits per heavy atom. The summed E-state index contributed by atoms with van der Waals surface area (Å²) in [7, 11) is 0. The van der Waals surface area contributed by atoms with Crippen molar-refractivity contribution in [1.29, 1.82) is 0 Å². The minimum Gasteiger partial charge on any atom is -0.318 e. The predicted molar refractivity (Wildman–Crippen MR) is 61.5 cm³/mol. The van der Waals surface area contributed by atoms with Crippen LogP contribution < -0.4 is 10.6 Å². The summed E-state index contributed by atoms with van der Waals surface area (Å²) in [5, 5.41) is 0.994.